The molecule has 0 aliphatic rings. The van der Waals surface area contributed by atoms with E-state index in [-0.39, 0.29) is 11.5 Å². The highest BCUT2D eigenvalue weighted by molar-refractivity contribution is 7.85. The molecule has 0 saturated heterocycles. The number of Topliss-reactive ketones (excluding diaryl/α,β-unsaturated/α-hetero) is 1. The molecule has 3 nitrogen and oxygen atoms in total. The maximum Gasteiger partial charge on any atom is 0.179 e. The summed E-state index contributed by atoms with van der Waals surface area (Å²) in [7, 11) is -1.43. The molecule has 1 aromatic heterocycles. The van der Waals surface area contributed by atoms with Crippen LogP contribution in [0.25, 0.3) is 11.0 Å². The van der Waals surface area contributed by atoms with Crippen molar-refractivity contribution >= 4 is 39.2 Å². The lowest BCUT2D eigenvalue weighted by molar-refractivity contribution is 0.102. The van der Waals surface area contributed by atoms with Gasteiger partial charge in [-0.1, -0.05) is 35.9 Å². The molecule has 1 heterocycles. The molecule has 0 fully saturated rings. The van der Waals surface area contributed by atoms with Crippen molar-refractivity contribution in [1.82, 2.24) is 0 Å². The lowest BCUT2D eigenvalue weighted by atomic mass is 10.1. The van der Waals surface area contributed by atoms with E-state index in [1.807, 2.05) is 18.2 Å². The second-order valence-electron chi connectivity index (χ2n) is 4.52. The van der Waals surface area contributed by atoms with E-state index in [0.29, 0.717) is 21.1 Å². The number of hydrogen-bond donors (Lipinski definition) is 0. The number of benzene rings is 2. The Bertz CT molecular complexity index is 838. The number of fused-ring (bicyclic) bond motifs is 1. The zero-order chi connectivity index (χ0) is 14.8. The van der Waals surface area contributed by atoms with Gasteiger partial charge in [0.15, 0.2) is 5.78 Å². The Hall–Kier alpha value is -1.91. The van der Waals surface area contributed by atoms with Gasteiger partial charge in [0, 0.05) is 15.3 Å². The van der Waals surface area contributed by atoms with Gasteiger partial charge in [-0.05, 0) is 24.3 Å². The minimum absolute atomic E-state index is 0.0934. The van der Waals surface area contributed by atoms with Gasteiger partial charge in [-0.15, -0.1) is 0 Å². The number of hydrogen-bond acceptors (Lipinski definition) is 3. The number of rotatable bonds is 4. The number of para-hydroxylation sites is 1. The van der Waals surface area contributed by atoms with Crippen LogP contribution in [0, 0.1) is 0 Å². The first-order valence-corrected chi connectivity index (χ1v) is 7.98. The first-order valence-electron chi connectivity index (χ1n) is 6.28. The van der Waals surface area contributed by atoms with Gasteiger partial charge in [0.1, 0.15) is 11.8 Å². The van der Waals surface area contributed by atoms with Crippen LogP contribution >= 0.6 is 11.6 Å². The van der Waals surface area contributed by atoms with Crippen LogP contribution in [-0.4, -0.2) is 15.7 Å². The van der Waals surface area contributed by atoms with Crippen molar-refractivity contribution in [2.24, 2.45) is 0 Å². The molecule has 106 valence electrons. The lowest BCUT2D eigenvalue weighted by Gasteiger charge is -2.01. The quantitative estimate of drug-likeness (QED) is 0.681. The average Bonchev–Trinajstić information content (AvgIpc) is 2.91. The molecule has 0 aliphatic heterocycles. The topological polar surface area (TPSA) is 47.3 Å². The summed E-state index contributed by atoms with van der Waals surface area (Å²) in [6.45, 7) is 0. The molecule has 5 heteroatoms. The molecule has 0 spiro atoms. The monoisotopic (exact) mass is 318 g/mol. The van der Waals surface area contributed by atoms with Crippen molar-refractivity contribution in [1.29, 1.82) is 0 Å². The van der Waals surface area contributed by atoms with Gasteiger partial charge in [0.05, 0.1) is 22.1 Å². The van der Waals surface area contributed by atoms with Crippen LogP contribution in [0.3, 0.4) is 0 Å². The van der Waals surface area contributed by atoms with Gasteiger partial charge < -0.3 is 4.42 Å². The molecule has 0 N–H and O–H groups in total. The maximum absolute atomic E-state index is 12.3. The molecule has 2 aromatic carbocycles. The Morgan fingerprint density at radius 3 is 2.76 bits per heavy atom. The lowest BCUT2D eigenvalue weighted by Crippen LogP contribution is -2.10. The molecule has 3 aromatic rings. The fourth-order valence-corrected chi connectivity index (χ4v) is 3.39. The molecule has 0 aliphatic carbocycles. The van der Waals surface area contributed by atoms with E-state index >= 15 is 0 Å². The Morgan fingerprint density at radius 1 is 1.14 bits per heavy atom. The largest absolute Gasteiger partial charge is 0.464 e. The van der Waals surface area contributed by atoms with E-state index in [1.54, 1.807) is 30.3 Å². The molecule has 0 radical (unpaired) electrons. The van der Waals surface area contributed by atoms with Crippen molar-refractivity contribution in [3.63, 3.8) is 0 Å². The highest BCUT2D eigenvalue weighted by Crippen LogP contribution is 2.22. The maximum atomic E-state index is 12.3. The van der Waals surface area contributed by atoms with Crippen molar-refractivity contribution < 1.29 is 13.4 Å². The smallest absolute Gasteiger partial charge is 0.179 e. The second kappa shape index (κ2) is 5.84. The first kappa shape index (κ1) is 14.0. The zero-order valence-corrected chi connectivity index (χ0v) is 12.5. The fraction of sp³-hybridized carbons (Fsp3) is 0.0625. The van der Waals surface area contributed by atoms with Gasteiger partial charge in [-0.2, -0.15) is 0 Å². The standard InChI is InChI=1S/C16H11ClO3S/c17-11-4-3-5-12(8-11)21(19)10-15(18)14-9-20-16-7-2-1-6-13(14)16/h1-9H,10H2. The summed E-state index contributed by atoms with van der Waals surface area (Å²) < 4.78 is 17.6. The van der Waals surface area contributed by atoms with Crippen LogP contribution in [0.1, 0.15) is 10.4 Å². The third kappa shape index (κ3) is 2.91. The average molecular weight is 319 g/mol. The van der Waals surface area contributed by atoms with E-state index in [1.165, 1.54) is 6.26 Å². The van der Waals surface area contributed by atoms with Crippen molar-refractivity contribution in [3.05, 3.63) is 65.4 Å². The van der Waals surface area contributed by atoms with Crippen molar-refractivity contribution in [2.75, 3.05) is 5.75 Å². The van der Waals surface area contributed by atoms with Crippen LogP contribution in [0.5, 0.6) is 0 Å². The highest BCUT2D eigenvalue weighted by atomic mass is 35.5. The van der Waals surface area contributed by atoms with Gasteiger partial charge in [-0.25, -0.2) is 0 Å². The molecule has 21 heavy (non-hydrogen) atoms. The summed E-state index contributed by atoms with van der Waals surface area (Å²) in [4.78, 5) is 12.8. The first-order chi connectivity index (χ1) is 10.1. The van der Waals surface area contributed by atoms with Gasteiger partial charge in [0.25, 0.3) is 0 Å². The number of carbonyl (C=O) groups is 1. The number of ketones is 1. The van der Waals surface area contributed by atoms with E-state index in [2.05, 4.69) is 0 Å². The van der Waals surface area contributed by atoms with Crippen LogP contribution < -0.4 is 0 Å². The Balaban J connectivity index is 1.85. The SMILES string of the molecule is O=C(CS(=O)c1cccc(Cl)c1)c1coc2ccccc12. The van der Waals surface area contributed by atoms with E-state index in [4.69, 9.17) is 16.0 Å². The molecule has 0 saturated carbocycles. The number of halogens is 1. The summed E-state index contributed by atoms with van der Waals surface area (Å²) >= 11 is 5.87. The summed E-state index contributed by atoms with van der Waals surface area (Å²) in [6, 6.07) is 14.0. The minimum Gasteiger partial charge on any atom is -0.464 e. The third-order valence-electron chi connectivity index (χ3n) is 3.10. The summed E-state index contributed by atoms with van der Waals surface area (Å²) in [5, 5.41) is 1.24. The Kier molecular flexibility index (Phi) is 3.90. The molecule has 1 atom stereocenters. The van der Waals surface area contributed by atoms with E-state index < -0.39 is 10.8 Å². The molecule has 1 unspecified atom stereocenters. The highest BCUT2D eigenvalue weighted by Gasteiger charge is 2.17. The predicted molar refractivity (Wildman–Crippen MR) is 83.3 cm³/mol. The fourth-order valence-electron chi connectivity index (χ4n) is 2.08. The van der Waals surface area contributed by atoms with E-state index in [0.717, 1.165) is 5.39 Å². The zero-order valence-electron chi connectivity index (χ0n) is 10.9. The van der Waals surface area contributed by atoms with Gasteiger partial charge >= 0.3 is 0 Å². The van der Waals surface area contributed by atoms with E-state index in [9.17, 15) is 9.00 Å². The third-order valence-corrected chi connectivity index (χ3v) is 4.64. The number of carbonyl (C=O) groups excluding carboxylic acids is 1. The summed E-state index contributed by atoms with van der Waals surface area (Å²) in [6.07, 6.45) is 1.42. The van der Waals surface area contributed by atoms with Crippen LogP contribution in [-0.2, 0) is 10.8 Å². The minimum atomic E-state index is -1.43. The second-order valence-corrected chi connectivity index (χ2v) is 6.40. The summed E-state index contributed by atoms with van der Waals surface area (Å²) in [5.41, 5.74) is 1.11. The molecular weight excluding hydrogens is 308 g/mol. The van der Waals surface area contributed by atoms with Gasteiger partial charge in [-0.3, -0.25) is 9.00 Å². The predicted octanol–water partition coefficient (Wildman–Crippen LogP) is 4.08. The molecule has 0 amide bonds. The van der Waals surface area contributed by atoms with Gasteiger partial charge in [0.2, 0.25) is 0 Å². The van der Waals surface area contributed by atoms with Crippen molar-refractivity contribution in [3.8, 4) is 0 Å². The molecule has 0 bridgehead atoms. The normalized spacial score (nSPS) is 12.4. The Labute approximate surface area is 129 Å². The van der Waals surface area contributed by atoms with Crippen LogP contribution in [0.4, 0.5) is 0 Å². The van der Waals surface area contributed by atoms with Crippen molar-refractivity contribution in [2.45, 2.75) is 4.90 Å². The van der Waals surface area contributed by atoms with Crippen LogP contribution in [0.15, 0.2) is 64.1 Å². The Morgan fingerprint density at radius 2 is 1.95 bits per heavy atom. The summed E-state index contributed by atoms with van der Waals surface area (Å²) in [5.74, 6) is -0.303. The molecule has 3 rings (SSSR count). The molecular formula is C16H11ClO3S. The number of furan rings is 1. The van der Waals surface area contributed by atoms with Crippen LogP contribution in [0.2, 0.25) is 5.02 Å².